The summed E-state index contributed by atoms with van der Waals surface area (Å²) in [7, 11) is 0. The van der Waals surface area contributed by atoms with Gasteiger partial charge < -0.3 is 9.97 Å². The molecule has 2 aromatic heterocycles. The first-order valence-corrected chi connectivity index (χ1v) is 14.4. The Hall–Kier alpha value is -5.48. The van der Waals surface area contributed by atoms with Crippen LogP contribution in [0.15, 0.2) is 122 Å². The fourth-order valence-corrected chi connectivity index (χ4v) is 6.64. The van der Waals surface area contributed by atoms with Crippen LogP contribution in [0.3, 0.4) is 0 Å². The predicted octanol–water partition coefficient (Wildman–Crippen LogP) is 8.94. The molecule has 5 aromatic carbocycles. The Morgan fingerprint density at radius 3 is 1.29 bits per heavy atom. The van der Waals surface area contributed by atoms with Crippen LogP contribution in [-0.4, -0.2) is 19.9 Å². The van der Waals surface area contributed by atoms with E-state index >= 15 is 0 Å². The second-order valence-corrected chi connectivity index (χ2v) is 11.3. The van der Waals surface area contributed by atoms with E-state index in [0.717, 1.165) is 58.1 Å². The summed E-state index contributed by atoms with van der Waals surface area (Å²) in [4.78, 5) is 16.5. The molecule has 0 saturated heterocycles. The molecule has 2 N–H and O–H groups in total. The largest absolute Gasteiger partial charge is 0.338 e. The van der Waals surface area contributed by atoms with Crippen molar-refractivity contribution in [1.29, 1.82) is 0 Å². The second-order valence-electron chi connectivity index (χ2n) is 11.3. The van der Waals surface area contributed by atoms with Crippen LogP contribution in [0.1, 0.15) is 22.3 Å². The summed E-state index contributed by atoms with van der Waals surface area (Å²) in [6.45, 7) is 0. The lowest BCUT2D eigenvalue weighted by Crippen LogP contribution is -1.86. The van der Waals surface area contributed by atoms with Crippen LogP contribution < -0.4 is 0 Å². The van der Waals surface area contributed by atoms with E-state index in [1.807, 2.05) is 12.4 Å². The van der Waals surface area contributed by atoms with Crippen molar-refractivity contribution in [3.05, 3.63) is 144 Å². The minimum Gasteiger partial charge on any atom is -0.338 e. The molecule has 0 aliphatic heterocycles. The maximum atomic E-state index is 4.71. The Morgan fingerprint density at radius 2 is 0.810 bits per heavy atom. The zero-order chi connectivity index (χ0) is 27.6. The molecular weight excluding hydrogens is 512 g/mol. The maximum Gasteiger partial charge on any atom is 0.137 e. The fraction of sp³-hybridized carbons (Fsp3) is 0.0526. The molecule has 0 saturated carbocycles. The number of fused-ring (bicyclic) bond motifs is 6. The van der Waals surface area contributed by atoms with E-state index in [2.05, 4.69) is 119 Å². The van der Waals surface area contributed by atoms with Gasteiger partial charge in [-0.25, -0.2) is 9.97 Å². The van der Waals surface area contributed by atoms with Crippen LogP contribution in [0.25, 0.3) is 67.5 Å². The van der Waals surface area contributed by atoms with E-state index < -0.39 is 0 Å². The van der Waals surface area contributed by atoms with Gasteiger partial charge in [0.1, 0.15) is 11.6 Å². The summed E-state index contributed by atoms with van der Waals surface area (Å²) in [5.74, 6) is 1.72. The van der Waals surface area contributed by atoms with Crippen LogP contribution in [-0.2, 0) is 12.8 Å². The first-order valence-electron chi connectivity index (χ1n) is 14.4. The molecule has 0 radical (unpaired) electrons. The number of aromatic nitrogens is 4. The van der Waals surface area contributed by atoms with Crippen molar-refractivity contribution in [2.75, 3.05) is 0 Å². The molecule has 0 amide bonds. The highest BCUT2D eigenvalue weighted by Gasteiger charge is 2.20. The van der Waals surface area contributed by atoms with Crippen LogP contribution in [0.4, 0.5) is 0 Å². The van der Waals surface area contributed by atoms with E-state index in [-0.39, 0.29) is 0 Å². The number of nitrogens with one attached hydrogen (secondary N) is 2. The van der Waals surface area contributed by atoms with Crippen molar-refractivity contribution >= 4 is 0 Å². The molecule has 0 spiro atoms. The topological polar surface area (TPSA) is 57.4 Å². The molecule has 2 aliphatic rings. The van der Waals surface area contributed by atoms with Gasteiger partial charge in [0, 0.05) is 11.1 Å². The predicted molar refractivity (Wildman–Crippen MR) is 169 cm³/mol. The van der Waals surface area contributed by atoms with Crippen LogP contribution in [0, 0.1) is 0 Å². The highest BCUT2D eigenvalue weighted by atomic mass is 14.9. The molecule has 2 heterocycles. The number of aromatic amines is 2. The fourth-order valence-electron chi connectivity index (χ4n) is 6.64. The number of H-pyrrole nitrogens is 2. The smallest absolute Gasteiger partial charge is 0.137 e. The Kier molecular flexibility index (Phi) is 4.99. The van der Waals surface area contributed by atoms with E-state index in [1.54, 1.807) is 0 Å². The molecule has 0 atom stereocenters. The van der Waals surface area contributed by atoms with E-state index in [1.165, 1.54) is 44.5 Å². The summed E-state index contributed by atoms with van der Waals surface area (Å²) < 4.78 is 0. The van der Waals surface area contributed by atoms with Crippen molar-refractivity contribution in [3.8, 4) is 67.5 Å². The monoisotopic (exact) mass is 538 g/mol. The van der Waals surface area contributed by atoms with Crippen molar-refractivity contribution in [2.45, 2.75) is 12.8 Å². The molecule has 0 unspecified atom stereocenters. The lowest BCUT2D eigenvalue weighted by molar-refractivity contribution is 1.26. The van der Waals surface area contributed by atoms with Crippen molar-refractivity contribution < 1.29 is 0 Å². The Labute approximate surface area is 243 Å². The van der Waals surface area contributed by atoms with Crippen molar-refractivity contribution in [1.82, 2.24) is 19.9 Å². The molecular formula is C38H26N4. The van der Waals surface area contributed by atoms with Crippen LogP contribution in [0.2, 0.25) is 0 Å². The van der Waals surface area contributed by atoms with Crippen molar-refractivity contribution in [2.24, 2.45) is 0 Å². The van der Waals surface area contributed by atoms with Gasteiger partial charge in [-0.15, -0.1) is 0 Å². The molecule has 7 aromatic rings. The van der Waals surface area contributed by atoms with Gasteiger partial charge in [-0.3, -0.25) is 0 Å². The van der Waals surface area contributed by atoms with Gasteiger partial charge in [0.2, 0.25) is 0 Å². The standard InChI is InChI=1S/C38H26N4/c1-3-7-31-25(5-1)17-29-19-27(13-15-33(29)31)35-21-39-37(41-35)23-9-11-24(12-10-23)38-40-22-36(42-38)28-14-16-34-30(20-28)18-26-6-2-4-8-32(26)34/h1-16,19-22H,17-18H2,(H,39,41)(H,40,42). The normalized spacial score (nSPS) is 12.6. The third kappa shape index (κ3) is 3.69. The molecule has 2 aliphatic carbocycles. The molecule has 0 bridgehead atoms. The number of rotatable bonds is 4. The highest BCUT2D eigenvalue weighted by Crippen LogP contribution is 2.40. The van der Waals surface area contributed by atoms with Gasteiger partial charge in [-0.2, -0.15) is 0 Å². The molecule has 198 valence electrons. The van der Waals surface area contributed by atoms with E-state index in [9.17, 15) is 0 Å². The minimum atomic E-state index is 0.861. The molecule has 9 rings (SSSR count). The average Bonchev–Trinajstić information content (AvgIpc) is 3.84. The number of imidazole rings is 2. The average molecular weight is 539 g/mol. The Balaban J connectivity index is 0.945. The van der Waals surface area contributed by atoms with Crippen molar-refractivity contribution in [3.63, 3.8) is 0 Å². The first-order chi connectivity index (χ1) is 20.8. The highest BCUT2D eigenvalue weighted by molar-refractivity contribution is 5.81. The summed E-state index contributed by atoms with van der Waals surface area (Å²) in [6, 6.07) is 39.2. The Bertz CT molecular complexity index is 1990. The van der Waals surface area contributed by atoms with E-state index in [0.29, 0.717) is 0 Å². The molecule has 0 fully saturated rings. The van der Waals surface area contributed by atoms with Gasteiger partial charge in [0.15, 0.2) is 0 Å². The van der Waals surface area contributed by atoms with Gasteiger partial charge in [0.25, 0.3) is 0 Å². The summed E-state index contributed by atoms with van der Waals surface area (Å²) in [5.41, 5.74) is 17.4. The molecule has 42 heavy (non-hydrogen) atoms. The Morgan fingerprint density at radius 1 is 0.405 bits per heavy atom. The van der Waals surface area contributed by atoms with Gasteiger partial charge in [-0.05, 0) is 80.6 Å². The number of hydrogen-bond donors (Lipinski definition) is 2. The summed E-state index contributed by atoms with van der Waals surface area (Å²) >= 11 is 0. The molecule has 4 heteroatoms. The third-order valence-electron chi connectivity index (χ3n) is 8.79. The zero-order valence-electron chi connectivity index (χ0n) is 22.9. The van der Waals surface area contributed by atoms with Crippen LogP contribution in [0.5, 0.6) is 0 Å². The summed E-state index contributed by atoms with van der Waals surface area (Å²) in [6.07, 6.45) is 5.83. The third-order valence-corrected chi connectivity index (χ3v) is 8.79. The van der Waals surface area contributed by atoms with Crippen LogP contribution >= 0.6 is 0 Å². The summed E-state index contributed by atoms with van der Waals surface area (Å²) in [5, 5.41) is 0. The lowest BCUT2D eigenvalue weighted by atomic mass is 10.0. The SMILES string of the molecule is c1ccc2c(c1)Cc1cc(-c3cnc(-c4ccc(-c5ncc(-c6ccc7c(c6)Cc6ccccc6-7)[nH]5)cc4)[nH]3)ccc1-2. The number of hydrogen-bond acceptors (Lipinski definition) is 2. The van der Waals surface area contributed by atoms with E-state index in [4.69, 9.17) is 9.97 Å². The maximum absolute atomic E-state index is 4.71. The van der Waals surface area contributed by atoms with Gasteiger partial charge in [0.05, 0.1) is 23.8 Å². The van der Waals surface area contributed by atoms with Gasteiger partial charge >= 0.3 is 0 Å². The minimum absolute atomic E-state index is 0.861. The quantitative estimate of drug-likeness (QED) is 0.235. The zero-order valence-corrected chi connectivity index (χ0v) is 22.9. The molecule has 4 nitrogen and oxygen atoms in total. The van der Waals surface area contributed by atoms with Gasteiger partial charge in [-0.1, -0.05) is 97.1 Å². The number of nitrogens with zero attached hydrogens (tertiary/aromatic N) is 2. The lowest BCUT2D eigenvalue weighted by Gasteiger charge is -2.04. The number of benzene rings is 5. The first kappa shape index (κ1) is 23.2. The second kappa shape index (κ2) is 9.02.